The maximum atomic E-state index is 14.0. The van der Waals surface area contributed by atoms with Crippen LogP contribution in [0, 0.1) is 5.82 Å². The van der Waals surface area contributed by atoms with Crippen LogP contribution in [0.3, 0.4) is 0 Å². The molecule has 30 heavy (non-hydrogen) atoms. The van der Waals surface area contributed by atoms with Crippen molar-refractivity contribution in [3.05, 3.63) is 82.8 Å². The van der Waals surface area contributed by atoms with E-state index in [-0.39, 0.29) is 11.6 Å². The number of nitrogens with one attached hydrogen (secondary N) is 1. The molecule has 0 radical (unpaired) electrons. The van der Waals surface area contributed by atoms with Gasteiger partial charge in [-0.2, -0.15) is 0 Å². The van der Waals surface area contributed by atoms with Gasteiger partial charge in [0, 0.05) is 22.9 Å². The smallest absolute Gasteiger partial charge is 0.354 e. The van der Waals surface area contributed by atoms with E-state index in [9.17, 15) is 14.3 Å². The first kappa shape index (κ1) is 19.8. The Balaban J connectivity index is 1.59. The van der Waals surface area contributed by atoms with Gasteiger partial charge >= 0.3 is 5.97 Å². The van der Waals surface area contributed by atoms with Crippen LogP contribution in [0.5, 0.6) is 0 Å². The van der Waals surface area contributed by atoms with Crippen LogP contribution in [-0.2, 0) is 6.42 Å². The summed E-state index contributed by atoms with van der Waals surface area (Å²) in [5.74, 6) is -1.12. The summed E-state index contributed by atoms with van der Waals surface area (Å²) in [6.07, 6.45) is 2.06. The van der Waals surface area contributed by atoms with Crippen molar-refractivity contribution >= 4 is 17.6 Å². The maximum absolute atomic E-state index is 14.0. The minimum Gasteiger partial charge on any atom is -0.477 e. The number of halogens is 2. The van der Waals surface area contributed by atoms with Gasteiger partial charge in [0.2, 0.25) is 0 Å². The predicted molar refractivity (Wildman–Crippen MR) is 109 cm³/mol. The van der Waals surface area contributed by atoms with Gasteiger partial charge < -0.3 is 10.1 Å². The number of benzene rings is 2. The lowest BCUT2D eigenvalue weighted by atomic mass is 10.0. The Bertz CT molecular complexity index is 1200. The first-order chi connectivity index (χ1) is 14.4. The van der Waals surface area contributed by atoms with Gasteiger partial charge in [-0.25, -0.2) is 18.9 Å². The monoisotopic (exact) mass is 425 g/mol. The number of rotatable bonds is 6. The molecule has 0 fully saturated rings. The second kappa shape index (κ2) is 8.08. The quantitative estimate of drug-likeness (QED) is 0.474. The van der Waals surface area contributed by atoms with E-state index < -0.39 is 11.8 Å². The van der Waals surface area contributed by atoms with Crippen molar-refractivity contribution < 1.29 is 14.3 Å². The number of carbonyl (C=O) groups is 1. The summed E-state index contributed by atoms with van der Waals surface area (Å²) in [4.78, 5) is 19.0. The van der Waals surface area contributed by atoms with E-state index in [1.165, 1.54) is 10.7 Å². The number of aromatic nitrogens is 5. The first-order valence-electron chi connectivity index (χ1n) is 9.17. The van der Waals surface area contributed by atoms with Crippen LogP contribution in [0.15, 0.2) is 54.7 Å². The van der Waals surface area contributed by atoms with E-state index in [0.717, 1.165) is 0 Å². The molecule has 0 amide bonds. The molecule has 0 aliphatic heterocycles. The van der Waals surface area contributed by atoms with Crippen LogP contribution >= 0.6 is 11.6 Å². The normalized spacial score (nSPS) is 12.1. The Labute approximate surface area is 176 Å². The second-order valence-electron chi connectivity index (χ2n) is 6.86. The summed E-state index contributed by atoms with van der Waals surface area (Å²) in [5.41, 5.74) is 1.95. The van der Waals surface area contributed by atoms with Crippen molar-refractivity contribution in [2.24, 2.45) is 0 Å². The molecule has 4 aromatic rings. The molecule has 0 saturated heterocycles. The molecule has 0 aliphatic carbocycles. The third-order valence-corrected chi connectivity index (χ3v) is 4.95. The highest BCUT2D eigenvalue weighted by molar-refractivity contribution is 6.30. The standard InChI is InChI=1S/C21H17ClFN5O2/c1-12(16-11-28(27-26-16)17-5-3-2-4-15(17)23)10-18-24-19(20(25-18)21(29)30)13-6-8-14(22)9-7-13/h2-9,11-12H,10H2,1H3,(H,24,25)(H,29,30). The lowest BCUT2D eigenvalue weighted by Crippen LogP contribution is -2.02. The molecule has 9 heteroatoms. The Kier molecular flexibility index (Phi) is 5.33. The molecule has 0 spiro atoms. The number of nitrogens with zero attached hydrogens (tertiary/aromatic N) is 4. The summed E-state index contributed by atoms with van der Waals surface area (Å²) in [6.45, 7) is 1.92. The van der Waals surface area contributed by atoms with Crippen molar-refractivity contribution in [1.29, 1.82) is 0 Å². The molecule has 152 valence electrons. The van der Waals surface area contributed by atoms with Gasteiger partial charge in [-0.15, -0.1) is 5.10 Å². The number of imidazole rings is 1. The van der Waals surface area contributed by atoms with Crippen LogP contribution in [0.2, 0.25) is 5.02 Å². The minimum atomic E-state index is -1.10. The Hall–Kier alpha value is -3.52. The molecular weight excluding hydrogens is 409 g/mol. The minimum absolute atomic E-state index is 0.00883. The van der Waals surface area contributed by atoms with Gasteiger partial charge in [0.1, 0.15) is 23.0 Å². The molecule has 0 saturated carbocycles. The Morgan fingerprint density at radius 3 is 2.67 bits per heavy atom. The number of carboxylic acids is 1. The fourth-order valence-corrected chi connectivity index (χ4v) is 3.27. The maximum Gasteiger partial charge on any atom is 0.354 e. The molecule has 0 bridgehead atoms. The van der Waals surface area contributed by atoms with E-state index in [4.69, 9.17) is 11.6 Å². The Morgan fingerprint density at radius 2 is 1.97 bits per heavy atom. The summed E-state index contributed by atoms with van der Waals surface area (Å²) in [5, 5.41) is 18.2. The molecule has 1 atom stereocenters. The third kappa shape index (κ3) is 3.95. The SMILES string of the molecule is CC(Cc1nc(-c2ccc(Cl)cc2)c(C(=O)O)[nH]1)c1cn(-c2ccccc2F)nn1. The number of carboxylic acid groups (broad SMARTS) is 1. The topological polar surface area (TPSA) is 96.7 Å². The summed E-state index contributed by atoms with van der Waals surface area (Å²) >= 11 is 5.92. The van der Waals surface area contributed by atoms with Crippen molar-refractivity contribution in [3.63, 3.8) is 0 Å². The summed E-state index contributed by atoms with van der Waals surface area (Å²) in [7, 11) is 0. The average molecular weight is 426 g/mol. The van der Waals surface area contributed by atoms with Crippen LogP contribution in [0.4, 0.5) is 4.39 Å². The number of hydrogen-bond donors (Lipinski definition) is 2. The second-order valence-corrected chi connectivity index (χ2v) is 7.30. The average Bonchev–Trinajstić information content (AvgIpc) is 3.37. The molecule has 2 N–H and O–H groups in total. The van der Waals surface area contributed by atoms with Gasteiger partial charge in [-0.3, -0.25) is 0 Å². The fourth-order valence-electron chi connectivity index (χ4n) is 3.14. The number of aromatic carboxylic acids is 1. The zero-order valence-corrected chi connectivity index (χ0v) is 16.6. The third-order valence-electron chi connectivity index (χ3n) is 4.70. The molecule has 2 aromatic heterocycles. The van der Waals surface area contributed by atoms with Crippen molar-refractivity contribution in [3.8, 4) is 16.9 Å². The molecule has 4 rings (SSSR count). The van der Waals surface area contributed by atoms with E-state index >= 15 is 0 Å². The van der Waals surface area contributed by atoms with E-state index in [1.807, 2.05) is 6.92 Å². The van der Waals surface area contributed by atoms with E-state index in [2.05, 4.69) is 20.3 Å². The van der Waals surface area contributed by atoms with E-state index in [0.29, 0.717) is 39.9 Å². The largest absolute Gasteiger partial charge is 0.477 e. The van der Waals surface area contributed by atoms with Gasteiger partial charge in [0.25, 0.3) is 0 Å². The Morgan fingerprint density at radius 1 is 1.23 bits per heavy atom. The van der Waals surface area contributed by atoms with Crippen molar-refractivity contribution in [2.75, 3.05) is 0 Å². The number of hydrogen-bond acceptors (Lipinski definition) is 4. The van der Waals surface area contributed by atoms with Gasteiger partial charge in [0.05, 0.1) is 11.9 Å². The molecule has 7 nitrogen and oxygen atoms in total. The first-order valence-corrected chi connectivity index (χ1v) is 9.55. The van der Waals surface area contributed by atoms with Crippen LogP contribution in [0.25, 0.3) is 16.9 Å². The molecule has 2 heterocycles. The van der Waals surface area contributed by atoms with Crippen molar-refractivity contribution in [1.82, 2.24) is 25.0 Å². The molecular formula is C21H17ClFN5O2. The molecule has 2 aromatic carbocycles. The lowest BCUT2D eigenvalue weighted by Gasteiger charge is -2.05. The highest BCUT2D eigenvalue weighted by atomic mass is 35.5. The zero-order valence-electron chi connectivity index (χ0n) is 15.9. The van der Waals surface area contributed by atoms with Crippen LogP contribution in [-0.4, -0.2) is 36.0 Å². The van der Waals surface area contributed by atoms with Gasteiger partial charge in [0.15, 0.2) is 5.69 Å². The predicted octanol–water partition coefficient (Wildman–Crippen LogP) is 4.49. The number of H-pyrrole nitrogens is 1. The summed E-state index contributed by atoms with van der Waals surface area (Å²) < 4.78 is 15.4. The van der Waals surface area contributed by atoms with E-state index in [1.54, 1.807) is 48.7 Å². The summed E-state index contributed by atoms with van der Waals surface area (Å²) in [6, 6.07) is 13.1. The molecule has 1 unspecified atom stereocenters. The van der Waals surface area contributed by atoms with Gasteiger partial charge in [-0.05, 0) is 24.3 Å². The lowest BCUT2D eigenvalue weighted by molar-refractivity contribution is 0.0692. The van der Waals surface area contributed by atoms with Crippen molar-refractivity contribution in [2.45, 2.75) is 19.3 Å². The van der Waals surface area contributed by atoms with Crippen LogP contribution in [0.1, 0.15) is 34.8 Å². The number of aromatic amines is 1. The molecule has 0 aliphatic rings. The highest BCUT2D eigenvalue weighted by Gasteiger charge is 2.21. The van der Waals surface area contributed by atoms with Crippen LogP contribution < -0.4 is 0 Å². The number of para-hydroxylation sites is 1. The van der Waals surface area contributed by atoms with Gasteiger partial charge in [-0.1, -0.05) is 48.0 Å². The zero-order chi connectivity index (χ0) is 21.3. The fraction of sp³-hybridized carbons (Fsp3) is 0.143. The highest BCUT2D eigenvalue weighted by Crippen LogP contribution is 2.26.